The molecule has 1 amide bonds. The molecule has 0 radical (unpaired) electrons. The number of hydrazine groups is 1. The molecule has 0 spiro atoms. The van der Waals surface area contributed by atoms with Crippen molar-refractivity contribution >= 4 is 23.2 Å². The summed E-state index contributed by atoms with van der Waals surface area (Å²) in [6.07, 6.45) is 1.39. The minimum Gasteiger partial charge on any atom is -0.393 e. The first-order chi connectivity index (χ1) is 13.6. The van der Waals surface area contributed by atoms with Crippen LogP contribution in [0.15, 0.2) is 67.0 Å². The van der Waals surface area contributed by atoms with Crippen LogP contribution in [0, 0.1) is 0 Å². The third-order valence-electron chi connectivity index (χ3n) is 4.14. The van der Waals surface area contributed by atoms with Crippen molar-refractivity contribution in [2.45, 2.75) is 25.8 Å². The molecular formula is C21H24N6O. The van der Waals surface area contributed by atoms with E-state index in [4.69, 9.17) is 5.73 Å². The molecular weight excluding hydrogens is 352 g/mol. The van der Waals surface area contributed by atoms with Crippen LogP contribution in [0.2, 0.25) is 0 Å². The van der Waals surface area contributed by atoms with Crippen LogP contribution in [0.4, 0.5) is 17.3 Å². The zero-order chi connectivity index (χ0) is 19.9. The van der Waals surface area contributed by atoms with Crippen LogP contribution in [0.25, 0.3) is 0 Å². The van der Waals surface area contributed by atoms with E-state index >= 15 is 0 Å². The molecule has 144 valence electrons. The lowest BCUT2D eigenvalue weighted by atomic mass is 9.91. The molecule has 5 N–H and O–H groups in total. The highest BCUT2D eigenvalue weighted by molar-refractivity contribution is 5.88. The quantitative estimate of drug-likeness (QED) is 0.472. The summed E-state index contributed by atoms with van der Waals surface area (Å²) in [5.41, 5.74) is 13.8. The van der Waals surface area contributed by atoms with Crippen LogP contribution in [0.3, 0.4) is 0 Å². The van der Waals surface area contributed by atoms with Gasteiger partial charge in [-0.3, -0.25) is 15.6 Å². The van der Waals surface area contributed by atoms with E-state index in [1.54, 1.807) is 0 Å². The molecule has 2 aromatic carbocycles. The Bertz CT molecular complexity index is 875. The lowest BCUT2D eigenvalue weighted by Gasteiger charge is -2.19. The van der Waals surface area contributed by atoms with Gasteiger partial charge in [0.1, 0.15) is 12.0 Å². The Labute approximate surface area is 164 Å². The fourth-order valence-electron chi connectivity index (χ4n) is 2.86. The Hall–Kier alpha value is -3.61. The summed E-state index contributed by atoms with van der Waals surface area (Å²) in [5, 5.41) is 3.15. The molecule has 0 aliphatic carbocycles. The molecule has 1 aromatic heterocycles. The number of amides is 1. The van der Waals surface area contributed by atoms with E-state index in [0.717, 1.165) is 11.1 Å². The minimum atomic E-state index is -0.466. The number of rotatable bonds is 7. The summed E-state index contributed by atoms with van der Waals surface area (Å²) in [4.78, 5) is 21.3. The second-order valence-electron chi connectivity index (χ2n) is 6.65. The van der Waals surface area contributed by atoms with E-state index in [2.05, 4.69) is 26.1 Å². The first kappa shape index (κ1) is 19.2. The number of hydrogen-bond donors (Lipinski definition) is 4. The van der Waals surface area contributed by atoms with Crippen molar-refractivity contribution in [1.29, 1.82) is 0 Å². The normalized spacial score (nSPS) is 10.7. The van der Waals surface area contributed by atoms with Gasteiger partial charge in [0.15, 0.2) is 11.6 Å². The molecule has 7 nitrogen and oxygen atoms in total. The van der Waals surface area contributed by atoms with Crippen LogP contribution in [-0.2, 0) is 4.79 Å². The number of nitrogens with zero attached hydrogens (tertiary/aromatic N) is 2. The zero-order valence-electron chi connectivity index (χ0n) is 15.9. The predicted octanol–water partition coefficient (Wildman–Crippen LogP) is 3.15. The number of benzene rings is 2. The van der Waals surface area contributed by atoms with Crippen molar-refractivity contribution < 1.29 is 4.79 Å². The largest absolute Gasteiger partial charge is 0.393 e. The lowest BCUT2D eigenvalue weighted by molar-refractivity contribution is -0.121. The van der Waals surface area contributed by atoms with Gasteiger partial charge in [-0.25, -0.2) is 9.97 Å². The molecule has 0 bridgehead atoms. The highest BCUT2D eigenvalue weighted by Crippen LogP contribution is 2.26. The predicted molar refractivity (Wildman–Crippen MR) is 112 cm³/mol. The minimum absolute atomic E-state index is 0.167. The number of hydrogen-bond acceptors (Lipinski definition) is 6. The summed E-state index contributed by atoms with van der Waals surface area (Å²) >= 11 is 0. The molecule has 0 atom stereocenters. The Morgan fingerprint density at radius 3 is 1.96 bits per heavy atom. The summed E-state index contributed by atoms with van der Waals surface area (Å²) in [6.45, 7) is 3.97. The van der Waals surface area contributed by atoms with E-state index in [1.165, 1.54) is 6.33 Å². The Morgan fingerprint density at radius 1 is 0.893 bits per heavy atom. The highest BCUT2D eigenvalue weighted by atomic mass is 16.2. The average Bonchev–Trinajstić information content (AvgIpc) is 2.70. The number of anilines is 3. The SMILES string of the molecule is CC(C)Nc1ncnc(NNC(=O)C(c2ccccc2)c2ccccc2)c1N. The van der Waals surface area contributed by atoms with Gasteiger partial charge in [0.05, 0.1) is 5.92 Å². The molecule has 0 saturated heterocycles. The fourth-order valence-corrected chi connectivity index (χ4v) is 2.86. The molecule has 0 saturated carbocycles. The Morgan fingerprint density at radius 2 is 1.43 bits per heavy atom. The number of aromatic nitrogens is 2. The molecule has 3 rings (SSSR count). The molecule has 3 aromatic rings. The highest BCUT2D eigenvalue weighted by Gasteiger charge is 2.23. The topological polar surface area (TPSA) is 105 Å². The molecule has 0 aliphatic rings. The average molecular weight is 376 g/mol. The molecule has 0 unspecified atom stereocenters. The summed E-state index contributed by atoms with van der Waals surface area (Å²) in [6, 6.07) is 19.4. The maximum atomic E-state index is 13.0. The summed E-state index contributed by atoms with van der Waals surface area (Å²) in [5.74, 6) is 0.177. The molecule has 28 heavy (non-hydrogen) atoms. The number of carbonyl (C=O) groups is 1. The van der Waals surface area contributed by atoms with Crippen LogP contribution < -0.4 is 21.9 Å². The van der Waals surface area contributed by atoms with E-state index in [1.807, 2.05) is 74.5 Å². The maximum Gasteiger partial charge on any atom is 0.250 e. The first-order valence-electron chi connectivity index (χ1n) is 9.09. The summed E-state index contributed by atoms with van der Waals surface area (Å²) < 4.78 is 0. The second-order valence-corrected chi connectivity index (χ2v) is 6.65. The van der Waals surface area contributed by atoms with Crippen molar-refractivity contribution in [1.82, 2.24) is 15.4 Å². The Balaban J connectivity index is 1.80. The van der Waals surface area contributed by atoms with Gasteiger partial charge in [-0.1, -0.05) is 60.7 Å². The van der Waals surface area contributed by atoms with Gasteiger partial charge >= 0.3 is 0 Å². The van der Waals surface area contributed by atoms with Gasteiger partial charge in [-0.05, 0) is 25.0 Å². The number of nitrogen functional groups attached to an aromatic ring is 1. The number of nitrogens with one attached hydrogen (secondary N) is 3. The third kappa shape index (κ3) is 4.56. The van der Waals surface area contributed by atoms with Crippen molar-refractivity contribution in [3.8, 4) is 0 Å². The number of nitrogens with two attached hydrogens (primary N) is 1. The van der Waals surface area contributed by atoms with Gasteiger partial charge in [0.2, 0.25) is 5.91 Å². The fraction of sp³-hybridized carbons (Fsp3) is 0.190. The first-order valence-corrected chi connectivity index (χ1v) is 9.09. The van der Waals surface area contributed by atoms with Crippen molar-refractivity contribution in [2.75, 3.05) is 16.5 Å². The van der Waals surface area contributed by atoms with Gasteiger partial charge in [-0.15, -0.1) is 0 Å². The van der Waals surface area contributed by atoms with Crippen LogP contribution in [0.5, 0.6) is 0 Å². The van der Waals surface area contributed by atoms with Gasteiger partial charge in [-0.2, -0.15) is 0 Å². The molecule has 1 heterocycles. The smallest absolute Gasteiger partial charge is 0.250 e. The van der Waals surface area contributed by atoms with Crippen molar-refractivity contribution in [3.05, 3.63) is 78.1 Å². The van der Waals surface area contributed by atoms with Crippen LogP contribution >= 0.6 is 0 Å². The summed E-state index contributed by atoms with van der Waals surface area (Å²) in [7, 11) is 0. The third-order valence-corrected chi connectivity index (χ3v) is 4.14. The van der Waals surface area contributed by atoms with E-state index in [0.29, 0.717) is 17.3 Å². The van der Waals surface area contributed by atoms with Crippen molar-refractivity contribution in [3.63, 3.8) is 0 Å². The van der Waals surface area contributed by atoms with E-state index < -0.39 is 5.92 Å². The maximum absolute atomic E-state index is 13.0. The zero-order valence-corrected chi connectivity index (χ0v) is 15.9. The van der Waals surface area contributed by atoms with Gasteiger partial charge in [0, 0.05) is 6.04 Å². The van der Waals surface area contributed by atoms with E-state index in [-0.39, 0.29) is 11.9 Å². The van der Waals surface area contributed by atoms with Gasteiger partial charge < -0.3 is 11.1 Å². The monoisotopic (exact) mass is 376 g/mol. The lowest BCUT2D eigenvalue weighted by Crippen LogP contribution is -2.35. The standard InChI is InChI=1S/C21H24N6O/c1-14(2)25-19-18(22)20(24-13-23-19)26-27-21(28)17(15-9-5-3-6-10-15)16-11-7-4-8-12-16/h3-14,17H,22H2,1-2H3,(H,27,28)(H2,23,24,25,26). The van der Waals surface area contributed by atoms with Crippen LogP contribution in [-0.4, -0.2) is 21.9 Å². The van der Waals surface area contributed by atoms with Crippen LogP contribution in [0.1, 0.15) is 30.9 Å². The molecule has 7 heteroatoms. The molecule has 0 fully saturated rings. The number of carbonyl (C=O) groups excluding carboxylic acids is 1. The molecule has 0 aliphatic heterocycles. The Kier molecular flexibility index (Phi) is 6.06. The second kappa shape index (κ2) is 8.85. The van der Waals surface area contributed by atoms with Gasteiger partial charge in [0.25, 0.3) is 0 Å². The van der Waals surface area contributed by atoms with E-state index in [9.17, 15) is 4.79 Å². The van der Waals surface area contributed by atoms with Crippen molar-refractivity contribution in [2.24, 2.45) is 0 Å².